The van der Waals surface area contributed by atoms with Crippen LogP contribution in [0.25, 0.3) is 5.00 Å². The summed E-state index contributed by atoms with van der Waals surface area (Å²) in [7, 11) is 0. The molecule has 0 spiro atoms. The van der Waals surface area contributed by atoms with Gasteiger partial charge in [-0.05, 0) is 44.4 Å². The molecule has 0 amide bonds. The van der Waals surface area contributed by atoms with Gasteiger partial charge in [0, 0.05) is 27.9 Å². The minimum atomic E-state index is -0.265. The van der Waals surface area contributed by atoms with Gasteiger partial charge < -0.3 is 4.42 Å². The van der Waals surface area contributed by atoms with Gasteiger partial charge in [0.25, 0.3) is 0 Å². The Bertz CT molecular complexity index is 1260. The van der Waals surface area contributed by atoms with Gasteiger partial charge in [0.1, 0.15) is 23.1 Å². The first-order valence-corrected chi connectivity index (χ1v) is 11.2. The van der Waals surface area contributed by atoms with Gasteiger partial charge in [-0.15, -0.1) is 21.5 Å². The lowest BCUT2D eigenvalue weighted by molar-refractivity contribution is 0.467. The molecule has 1 aliphatic heterocycles. The van der Waals surface area contributed by atoms with Crippen LogP contribution in [0.5, 0.6) is 0 Å². The van der Waals surface area contributed by atoms with Gasteiger partial charge in [-0.25, -0.2) is 4.98 Å². The monoisotopic (exact) mass is 432 g/mol. The van der Waals surface area contributed by atoms with Crippen molar-refractivity contribution in [3.8, 4) is 5.00 Å². The van der Waals surface area contributed by atoms with Crippen LogP contribution in [-0.2, 0) is 6.42 Å². The van der Waals surface area contributed by atoms with Crippen molar-refractivity contribution in [1.82, 2.24) is 24.7 Å². The molecule has 0 fully saturated rings. The summed E-state index contributed by atoms with van der Waals surface area (Å²) in [5, 5.41) is 9.99. The van der Waals surface area contributed by atoms with Gasteiger partial charge in [-0.2, -0.15) is 0 Å². The highest BCUT2D eigenvalue weighted by Crippen LogP contribution is 2.39. The number of oxazole rings is 1. The van der Waals surface area contributed by atoms with Crippen molar-refractivity contribution in [3.63, 3.8) is 0 Å². The second kappa shape index (κ2) is 7.53. The Kier molecular flexibility index (Phi) is 4.81. The van der Waals surface area contributed by atoms with E-state index in [1.165, 1.54) is 10.4 Å². The molecule has 0 aliphatic carbocycles. The van der Waals surface area contributed by atoms with E-state index in [-0.39, 0.29) is 6.04 Å². The van der Waals surface area contributed by atoms with Crippen LogP contribution >= 0.6 is 11.3 Å². The third-order valence-electron chi connectivity index (χ3n) is 5.74. The summed E-state index contributed by atoms with van der Waals surface area (Å²) in [6.07, 6.45) is 5.70. The van der Waals surface area contributed by atoms with Crippen LogP contribution in [0.2, 0.25) is 0 Å². The molecule has 1 aliphatic rings. The maximum Gasteiger partial charge on any atom is 0.196 e. The lowest BCUT2D eigenvalue weighted by Gasteiger charge is -2.12. The number of rotatable bonds is 4. The van der Waals surface area contributed by atoms with Gasteiger partial charge in [0.15, 0.2) is 11.7 Å². The Morgan fingerprint density at radius 3 is 2.65 bits per heavy atom. The predicted octanol–water partition coefficient (Wildman–Crippen LogP) is 4.90. The Balaban J connectivity index is 1.74. The van der Waals surface area contributed by atoms with E-state index in [1.54, 1.807) is 23.8 Å². The van der Waals surface area contributed by atoms with Crippen LogP contribution in [0, 0.1) is 20.8 Å². The van der Waals surface area contributed by atoms with E-state index < -0.39 is 0 Å². The maximum atomic E-state index is 5.54. The number of hydrogen-bond acceptors (Lipinski definition) is 7. The van der Waals surface area contributed by atoms with Gasteiger partial charge in [-0.3, -0.25) is 14.5 Å². The Morgan fingerprint density at radius 2 is 1.97 bits per heavy atom. The van der Waals surface area contributed by atoms with Gasteiger partial charge in [0.05, 0.1) is 18.3 Å². The number of pyridine rings is 1. The lowest BCUT2D eigenvalue weighted by atomic mass is 10.00. The molecular formula is C23H24N6OS. The minimum Gasteiger partial charge on any atom is -0.449 e. The number of hydrogen-bond donors (Lipinski definition) is 0. The first-order chi connectivity index (χ1) is 14.9. The summed E-state index contributed by atoms with van der Waals surface area (Å²) in [6, 6.07) is 3.95. The number of aliphatic imine (C=N–C) groups is 1. The van der Waals surface area contributed by atoms with E-state index in [1.807, 2.05) is 13.1 Å². The van der Waals surface area contributed by atoms with Crippen LogP contribution in [0.15, 0.2) is 40.2 Å². The first kappa shape index (κ1) is 19.8. The second-order valence-electron chi connectivity index (χ2n) is 8.15. The van der Waals surface area contributed by atoms with Crippen molar-refractivity contribution in [2.45, 2.75) is 53.0 Å². The Hall–Kier alpha value is -3.13. The molecule has 1 unspecified atom stereocenters. The Morgan fingerprint density at radius 1 is 1.13 bits per heavy atom. The standard InChI is InChI=1S/C23H24N6OS/c1-12(2)17-7-6-16(11-25-17)21-20-13(3)14(4)31-23(20)29-15(5)27-28-22(29)18(26-21)10-19-24-8-9-30-19/h6-9,11-12,18H,10H2,1-5H3. The molecule has 4 aromatic heterocycles. The molecule has 0 saturated heterocycles. The van der Waals surface area contributed by atoms with Gasteiger partial charge in [-0.1, -0.05) is 13.8 Å². The minimum absolute atomic E-state index is 0.265. The molecular weight excluding hydrogens is 408 g/mol. The highest BCUT2D eigenvalue weighted by Gasteiger charge is 2.32. The number of aryl methyl sites for hydroxylation is 2. The highest BCUT2D eigenvalue weighted by molar-refractivity contribution is 7.15. The molecule has 7 nitrogen and oxygen atoms in total. The molecule has 4 aromatic rings. The van der Waals surface area contributed by atoms with E-state index in [0.29, 0.717) is 18.2 Å². The average Bonchev–Trinajstić information content (AvgIpc) is 3.44. The highest BCUT2D eigenvalue weighted by atomic mass is 32.1. The summed E-state index contributed by atoms with van der Waals surface area (Å²) in [5.74, 6) is 2.66. The van der Waals surface area contributed by atoms with Gasteiger partial charge >= 0.3 is 0 Å². The van der Waals surface area contributed by atoms with Crippen LogP contribution in [0.3, 0.4) is 0 Å². The van der Waals surface area contributed by atoms with Crippen molar-refractivity contribution in [2.24, 2.45) is 4.99 Å². The first-order valence-electron chi connectivity index (χ1n) is 10.4. The molecule has 0 saturated carbocycles. The van der Waals surface area contributed by atoms with Crippen LogP contribution < -0.4 is 0 Å². The molecule has 0 N–H and O–H groups in total. The Labute approximate surface area is 184 Å². The number of fused-ring (bicyclic) bond motifs is 3. The van der Waals surface area contributed by atoms with Crippen molar-refractivity contribution < 1.29 is 4.42 Å². The molecule has 0 aromatic carbocycles. The third kappa shape index (κ3) is 3.31. The smallest absolute Gasteiger partial charge is 0.196 e. The summed E-state index contributed by atoms with van der Waals surface area (Å²) in [5.41, 5.74) is 5.35. The van der Waals surface area contributed by atoms with Crippen molar-refractivity contribution in [3.05, 3.63) is 75.6 Å². The predicted molar refractivity (Wildman–Crippen MR) is 120 cm³/mol. The van der Waals surface area contributed by atoms with Crippen molar-refractivity contribution in [1.29, 1.82) is 0 Å². The normalized spacial score (nSPS) is 15.5. The maximum absolute atomic E-state index is 5.54. The fourth-order valence-electron chi connectivity index (χ4n) is 3.93. The largest absolute Gasteiger partial charge is 0.449 e. The summed E-state index contributed by atoms with van der Waals surface area (Å²) >= 11 is 1.75. The number of thiophene rings is 1. The van der Waals surface area contributed by atoms with Crippen molar-refractivity contribution >= 4 is 17.0 Å². The summed E-state index contributed by atoms with van der Waals surface area (Å²) in [6.45, 7) is 10.6. The fraction of sp³-hybridized carbons (Fsp3) is 0.348. The average molecular weight is 433 g/mol. The molecule has 5 rings (SSSR count). The quantitative estimate of drug-likeness (QED) is 0.458. The van der Waals surface area contributed by atoms with Crippen LogP contribution in [0.4, 0.5) is 0 Å². The molecule has 31 heavy (non-hydrogen) atoms. The molecule has 5 heterocycles. The van der Waals surface area contributed by atoms with Crippen LogP contribution in [-0.4, -0.2) is 30.4 Å². The van der Waals surface area contributed by atoms with E-state index >= 15 is 0 Å². The zero-order chi connectivity index (χ0) is 21.7. The number of aromatic nitrogens is 5. The molecule has 158 valence electrons. The van der Waals surface area contributed by atoms with E-state index in [0.717, 1.165) is 39.2 Å². The van der Waals surface area contributed by atoms with E-state index in [2.05, 4.69) is 59.6 Å². The molecule has 8 heteroatoms. The zero-order valence-corrected chi connectivity index (χ0v) is 19.1. The van der Waals surface area contributed by atoms with Crippen LogP contribution in [0.1, 0.15) is 70.6 Å². The third-order valence-corrected chi connectivity index (χ3v) is 6.93. The fourth-order valence-corrected chi connectivity index (χ4v) is 5.14. The molecule has 1 atom stereocenters. The SMILES string of the molecule is Cc1sc2c(c1C)C(c1ccc(C(C)C)nc1)=NC(Cc1ncco1)c1nnc(C)n1-2. The number of nitrogens with zero attached hydrogens (tertiary/aromatic N) is 6. The molecule has 0 bridgehead atoms. The van der Waals surface area contributed by atoms with E-state index in [4.69, 9.17) is 14.4 Å². The van der Waals surface area contributed by atoms with Crippen molar-refractivity contribution in [2.75, 3.05) is 0 Å². The zero-order valence-electron chi connectivity index (χ0n) is 18.2. The van der Waals surface area contributed by atoms with E-state index in [9.17, 15) is 0 Å². The molecule has 0 radical (unpaired) electrons. The lowest BCUT2D eigenvalue weighted by Crippen LogP contribution is -2.10. The van der Waals surface area contributed by atoms with Gasteiger partial charge in [0.2, 0.25) is 0 Å². The summed E-state index contributed by atoms with van der Waals surface area (Å²) < 4.78 is 7.67. The topological polar surface area (TPSA) is 82.0 Å². The summed E-state index contributed by atoms with van der Waals surface area (Å²) in [4.78, 5) is 15.5. The second-order valence-corrected chi connectivity index (χ2v) is 9.36.